The van der Waals surface area contributed by atoms with Gasteiger partial charge >= 0.3 is 0 Å². The van der Waals surface area contributed by atoms with Crippen LogP contribution in [-0.4, -0.2) is 16.0 Å². The van der Waals surface area contributed by atoms with Crippen molar-refractivity contribution in [3.05, 3.63) is 52.3 Å². The van der Waals surface area contributed by atoms with Crippen LogP contribution in [0.25, 0.3) is 0 Å². The molecule has 0 fully saturated rings. The summed E-state index contributed by atoms with van der Waals surface area (Å²) in [5.41, 5.74) is 1.80. The summed E-state index contributed by atoms with van der Waals surface area (Å²) in [4.78, 5) is 16.0. The zero-order chi connectivity index (χ0) is 13.1. The highest BCUT2D eigenvalue weighted by Gasteiger charge is 2.10. The number of pyridine rings is 1. The van der Waals surface area contributed by atoms with Crippen LogP contribution < -0.4 is 5.32 Å². The molecular weight excluding hydrogens is 296 g/mol. The van der Waals surface area contributed by atoms with Crippen molar-refractivity contribution in [1.82, 2.24) is 4.98 Å². The Morgan fingerprint density at radius 2 is 2.17 bits per heavy atom. The molecule has 2 rings (SSSR count). The predicted octanol–water partition coefficient (Wildman–Crippen LogP) is 3.11. The van der Waals surface area contributed by atoms with Crippen LogP contribution in [0.3, 0.4) is 0 Å². The Bertz CT molecular complexity index is 599. The standard InChI is InChI=1S/C13H11BrN2O2/c1-8-7-9(4-5-11(8)17)16-13(18)10-3-2-6-15-12(10)14/h2-7,17H,1H3,(H,16,18). The van der Waals surface area contributed by atoms with Crippen LogP contribution >= 0.6 is 15.9 Å². The number of benzene rings is 1. The predicted molar refractivity (Wildman–Crippen MR) is 72.7 cm³/mol. The number of rotatable bonds is 2. The summed E-state index contributed by atoms with van der Waals surface area (Å²) < 4.78 is 0.498. The number of aryl methyl sites for hydroxylation is 1. The van der Waals surface area contributed by atoms with Gasteiger partial charge in [0.05, 0.1) is 5.56 Å². The Balaban J connectivity index is 2.22. The van der Waals surface area contributed by atoms with E-state index in [-0.39, 0.29) is 11.7 Å². The second kappa shape index (κ2) is 5.18. The third-order valence-corrected chi connectivity index (χ3v) is 3.09. The summed E-state index contributed by atoms with van der Waals surface area (Å²) in [7, 11) is 0. The van der Waals surface area contributed by atoms with E-state index in [9.17, 15) is 9.90 Å². The van der Waals surface area contributed by atoms with Gasteiger partial charge in [-0.05, 0) is 58.7 Å². The van der Waals surface area contributed by atoms with Crippen LogP contribution in [0.4, 0.5) is 5.69 Å². The van der Waals surface area contributed by atoms with Gasteiger partial charge in [0.25, 0.3) is 5.91 Å². The first-order valence-corrected chi connectivity index (χ1v) is 6.08. The van der Waals surface area contributed by atoms with E-state index in [0.717, 1.165) is 0 Å². The number of aromatic hydroxyl groups is 1. The SMILES string of the molecule is Cc1cc(NC(=O)c2cccnc2Br)ccc1O. The van der Waals surface area contributed by atoms with Gasteiger partial charge in [0.2, 0.25) is 0 Å². The number of phenolic OH excluding ortho intramolecular Hbond substituents is 1. The number of carbonyl (C=O) groups is 1. The maximum Gasteiger partial charge on any atom is 0.258 e. The average molecular weight is 307 g/mol. The van der Waals surface area contributed by atoms with E-state index in [1.807, 2.05) is 0 Å². The largest absolute Gasteiger partial charge is 0.508 e. The molecule has 92 valence electrons. The molecular formula is C13H11BrN2O2. The molecule has 2 N–H and O–H groups in total. The third kappa shape index (κ3) is 2.68. The average Bonchev–Trinajstić information content (AvgIpc) is 2.34. The first-order chi connectivity index (χ1) is 8.58. The fraction of sp³-hybridized carbons (Fsp3) is 0.0769. The minimum atomic E-state index is -0.250. The molecule has 18 heavy (non-hydrogen) atoms. The Kier molecular flexibility index (Phi) is 3.62. The Hall–Kier alpha value is -1.88. The molecule has 0 spiro atoms. The molecule has 0 atom stereocenters. The summed E-state index contributed by atoms with van der Waals surface area (Å²) in [6, 6.07) is 8.27. The van der Waals surface area contributed by atoms with E-state index in [1.54, 1.807) is 43.5 Å². The van der Waals surface area contributed by atoms with Crippen LogP contribution in [0.5, 0.6) is 5.75 Å². The second-order valence-electron chi connectivity index (χ2n) is 3.80. The van der Waals surface area contributed by atoms with E-state index in [1.165, 1.54) is 0 Å². The summed E-state index contributed by atoms with van der Waals surface area (Å²) in [5.74, 6) is -0.0457. The highest BCUT2D eigenvalue weighted by atomic mass is 79.9. The maximum atomic E-state index is 12.0. The van der Waals surface area contributed by atoms with Gasteiger partial charge in [-0.2, -0.15) is 0 Å². The van der Waals surface area contributed by atoms with Crippen LogP contribution in [0.2, 0.25) is 0 Å². The summed E-state index contributed by atoms with van der Waals surface area (Å²) in [5, 5.41) is 12.2. The lowest BCUT2D eigenvalue weighted by atomic mass is 10.2. The number of phenols is 1. The van der Waals surface area contributed by atoms with Crippen molar-refractivity contribution in [2.24, 2.45) is 0 Å². The van der Waals surface area contributed by atoms with Gasteiger partial charge in [0.1, 0.15) is 10.4 Å². The Morgan fingerprint density at radius 1 is 1.39 bits per heavy atom. The Labute approximate surface area is 113 Å². The lowest BCUT2D eigenvalue weighted by Crippen LogP contribution is -2.13. The normalized spacial score (nSPS) is 10.1. The number of amides is 1. The van der Waals surface area contributed by atoms with Crippen molar-refractivity contribution in [2.75, 3.05) is 5.32 Å². The van der Waals surface area contributed by atoms with Crippen LogP contribution in [0, 0.1) is 6.92 Å². The highest BCUT2D eigenvalue weighted by Crippen LogP contribution is 2.21. The lowest BCUT2D eigenvalue weighted by molar-refractivity contribution is 0.102. The first-order valence-electron chi connectivity index (χ1n) is 5.29. The molecule has 0 saturated carbocycles. The molecule has 0 unspecified atom stereocenters. The van der Waals surface area contributed by atoms with E-state index in [4.69, 9.17) is 0 Å². The molecule has 0 aliphatic heterocycles. The van der Waals surface area contributed by atoms with Gasteiger partial charge in [-0.25, -0.2) is 4.98 Å². The second-order valence-corrected chi connectivity index (χ2v) is 4.55. The highest BCUT2D eigenvalue weighted by molar-refractivity contribution is 9.10. The van der Waals surface area contributed by atoms with Crippen LogP contribution in [0.15, 0.2) is 41.1 Å². The van der Waals surface area contributed by atoms with Gasteiger partial charge in [0.15, 0.2) is 0 Å². The summed E-state index contributed by atoms with van der Waals surface area (Å²) in [6.45, 7) is 1.77. The van der Waals surface area contributed by atoms with Crippen molar-refractivity contribution in [1.29, 1.82) is 0 Å². The number of nitrogens with one attached hydrogen (secondary N) is 1. The molecule has 4 nitrogen and oxygen atoms in total. The minimum absolute atomic E-state index is 0.204. The van der Waals surface area contributed by atoms with Gasteiger partial charge in [-0.1, -0.05) is 0 Å². The van der Waals surface area contributed by atoms with Gasteiger partial charge in [-0.15, -0.1) is 0 Å². The molecule has 1 amide bonds. The number of anilines is 1. The van der Waals surface area contributed by atoms with E-state index in [0.29, 0.717) is 21.4 Å². The Morgan fingerprint density at radius 3 is 2.83 bits per heavy atom. The zero-order valence-electron chi connectivity index (χ0n) is 9.64. The molecule has 2 aromatic rings. The molecule has 0 aliphatic carbocycles. The molecule has 1 heterocycles. The molecule has 5 heteroatoms. The van der Waals surface area contributed by atoms with Crippen LogP contribution in [-0.2, 0) is 0 Å². The fourth-order valence-corrected chi connectivity index (χ4v) is 1.92. The fourth-order valence-electron chi connectivity index (χ4n) is 1.49. The molecule has 0 aliphatic rings. The zero-order valence-corrected chi connectivity index (χ0v) is 11.2. The van der Waals surface area contributed by atoms with Gasteiger partial charge < -0.3 is 10.4 Å². The smallest absolute Gasteiger partial charge is 0.258 e. The van der Waals surface area contributed by atoms with Gasteiger partial charge in [-0.3, -0.25) is 4.79 Å². The number of aromatic nitrogens is 1. The summed E-state index contributed by atoms with van der Waals surface area (Å²) in [6.07, 6.45) is 1.60. The minimum Gasteiger partial charge on any atom is -0.508 e. The number of hydrogen-bond donors (Lipinski definition) is 2. The number of halogens is 1. The van der Waals surface area contributed by atoms with Crippen LogP contribution in [0.1, 0.15) is 15.9 Å². The van der Waals surface area contributed by atoms with Crippen molar-refractivity contribution in [2.45, 2.75) is 6.92 Å². The third-order valence-electron chi connectivity index (χ3n) is 2.46. The summed E-state index contributed by atoms with van der Waals surface area (Å²) >= 11 is 3.22. The molecule has 0 bridgehead atoms. The van der Waals surface area contributed by atoms with E-state index < -0.39 is 0 Å². The quantitative estimate of drug-likeness (QED) is 0.662. The van der Waals surface area contributed by atoms with Crippen molar-refractivity contribution < 1.29 is 9.90 Å². The lowest BCUT2D eigenvalue weighted by Gasteiger charge is -2.07. The molecule has 1 aromatic heterocycles. The van der Waals surface area contributed by atoms with Gasteiger partial charge in [0, 0.05) is 11.9 Å². The van der Waals surface area contributed by atoms with Crippen molar-refractivity contribution >= 4 is 27.5 Å². The monoisotopic (exact) mass is 306 g/mol. The van der Waals surface area contributed by atoms with Crippen molar-refractivity contribution in [3.63, 3.8) is 0 Å². The van der Waals surface area contributed by atoms with Crippen molar-refractivity contribution in [3.8, 4) is 5.75 Å². The van der Waals surface area contributed by atoms with E-state index >= 15 is 0 Å². The molecule has 0 saturated heterocycles. The number of carbonyl (C=O) groups excluding carboxylic acids is 1. The first kappa shape index (κ1) is 12.6. The van der Waals surface area contributed by atoms with E-state index in [2.05, 4.69) is 26.2 Å². The number of nitrogens with zero attached hydrogens (tertiary/aromatic N) is 1. The number of hydrogen-bond acceptors (Lipinski definition) is 3. The molecule has 0 radical (unpaired) electrons. The molecule has 1 aromatic carbocycles. The maximum absolute atomic E-state index is 12.0. The topological polar surface area (TPSA) is 62.2 Å².